The molecule has 0 bridgehead atoms. The van der Waals surface area contributed by atoms with E-state index in [9.17, 15) is 0 Å². The zero-order valence-electron chi connectivity index (χ0n) is 10.6. The van der Waals surface area contributed by atoms with Crippen molar-refractivity contribution in [1.29, 1.82) is 0 Å². The van der Waals surface area contributed by atoms with Gasteiger partial charge >= 0.3 is 0 Å². The molecule has 0 aliphatic rings. The van der Waals surface area contributed by atoms with Crippen LogP contribution in [0.15, 0.2) is 18.2 Å². The molecule has 0 aliphatic carbocycles. The Morgan fingerprint density at radius 2 is 1.84 bits per heavy atom. The highest BCUT2D eigenvalue weighted by atomic mass is 35.5. The largest absolute Gasteiger partial charge is 0.437 e. The van der Waals surface area contributed by atoms with Gasteiger partial charge in [0.15, 0.2) is 5.75 Å². The number of hydrogen-bond acceptors (Lipinski definition) is 4. The zero-order valence-corrected chi connectivity index (χ0v) is 12.1. The van der Waals surface area contributed by atoms with Gasteiger partial charge in [-0.3, -0.25) is 0 Å². The van der Waals surface area contributed by atoms with Crippen molar-refractivity contribution in [2.24, 2.45) is 0 Å². The second-order valence-electron chi connectivity index (χ2n) is 4.00. The topological polar surface area (TPSA) is 61.0 Å². The van der Waals surface area contributed by atoms with E-state index < -0.39 is 0 Å². The number of anilines is 1. The van der Waals surface area contributed by atoms with Crippen molar-refractivity contribution in [3.05, 3.63) is 39.8 Å². The third-order valence-corrected chi connectivity index (χ3v) is 3.22. The maximum atomic E-state index is 5.94. The molecule has 1 aromatic carbocycles. The molecule has 0 amide bonds. The van der Waals surface area contributed by atoms with Gasteiger partial charge < -0.3 is 10.5 Å². The van der Waals surface area contributed by atoms with Crippen LogP contribution in [0.1, 0.15) is 18.4 Å². The lowest BCUT2D eigenvalue weighted by atomic mass is 10.3. The second-order valence-corrected chi connectivity index (χ2v) is 4.82. The quantitative estimate of drug-likeness (QED) is 0.869. The highest BCUT2D eigenvalue weighted by Gasteiger charge is 2.09. The molecule has 0 saturated carbocycles. The highest BCUT2D eigenvalue weighted by Crippen LogP contribution is 2.34. The molecule has 0 spiro atoms. The van der Waals surface area contributed by atoms with E-state index in [-0.39, 0.29) is 0 Å². The summed E-state index contributed by atoms with van der Waals surface area (Å²) in [5.74, 6) is 1.51. The van der Waals surface area contributed by atoms with Crippen molar-refractivity contribution in [3.63, 3.8) is 0 Å². The first kappa shape index (κ1) is 13.9. The van der Waals surface area contributed by atoms with Crippen molar-refractivity contribution in [1.82, 2.24) is 9.97 Å². The van der Waals surface area contributed by atoms with Gasteiger partial charge in [-0.25, -0.2) is 4.98 Å². The summed E-state index contributed by atoms with van der Waals surface area (Å²) in [4.78, 5) is 8.48. The molecule has 0 atom stereocenters. The minimum atomic E-state index is 0.382. The maximum absolute atomic E-state index is 5.94. The zero-order chi connectivity index (χ0) is 14.0. The van der Waals surface area contributed by atoms with Gasteiger partial charge in [0.2, 0.25) is 5.88 Å². The second kappa shape index (κ2) is 5.63. The van der Waals surface area contributed by atoms with Crippen molar-refractivity contribution in [2.75, 3.05) is 5.73 Å². The fraction of sp³-hybridized carbons (Fsp3) is 0.231. The van der Waals surface area contributed by atoms with Gasteiger partial charge in [-0.05, 0) is 19.4 Å². The molecule has 0 saturated heterocycles. The van der Waals surface area contributed by atoms with Gasteiger partial charge in [-0.15, -0.1) is 0 Å². The summed E-state index contributed by atoms with van der Waals surface area (Å²) in [6, 6.07) is 4.89. The molecule has 4 nitrogen and oxygen atoms in total. The summed E-state index contributed by atoms with van der Waals surface area (Å²) in [5, 5.41) is 0.770. The molecule has 2 N–H and O–H groups in total. The molecule has 0 aliphatic heterocycles. The molecule has 1 aromatic heterocycles. The molecule has 100 valence electrons. The van der Waals surface area contributed by atoms with Crippen LogP contribution in [0.25, 0.3) is 0 Å². The van der Waals surface area contributed by atoms with Gasteiger partial charge in [0.05, 0.1) is 15.7 Å². The van der Waals surface area contributed by atoms with Crippen molar-refractivity contribution >= 4 is 28.9 Å². The molecule has 19 heavy (non-hydrogen) atoms. The number of nitrogens with two attached hydrogens (primary N) is 1. The van der Waals surface area contributed by atoms with Crippen LogP contribution in [0.3, 0.4) is 0 Å². The molecular formula is C13H13Cl2N3O. The third-order valence-electron chi connectivity index (χ3n) is 2.50. The van der Waals surface area contributed by atoms with Crippen LogP contribution < -0.4 is 10.5 Å². The summed E-state index contributed by atoms with van der Waals surface area (Å²) in [6.07, 6.45) is 0.802. The molecular weight excluding hydrogens is 285 g/mol. The van der Waals surface area contributed by atoms with Crippen LogP contribution in [0.2, 0.25) is 10.0 Å². The summed E-state index contributed by atoms with van der Waals surface area (Å²) in [6.45, 7) is 3.82. The standard InChI is InChI=1S/C13H13Cl2N3O/c1-3-8-4-13(18-7(2)17-8)19-12-6-10(15)9(14)5-11(12)16/h4-6H,3,16H2,1-2H3. The SMILES string of the molecule is CCc1cc(Oc2cc(Cl)c(Cl)cc2N)nc(C)n1. The number of aromatic nitrogens is 2. The first-order chi connectivity index (χ1) is 8.99. The first-order valence-electron chi connectivity index (χ1n) is 5.76. The normalized spacial score (nSPS) is 10.5. The number of benzene rings is 1. The summed E-state index contributed by atoms with van der Waals surface area (Å²) >= 11 is 11.8. The van der Waals surface area contributed by atoms with Crippen molar-refractivity contribution < 1.29 is 4.74 Å². The van der Waals surface area contributed by atoms with Crippen LogP contribution in [0.4, 0.5) is 5.69 Å². The Balaban J connectivity index is 2.36. The number of hydrogen-bond donors (Lipinski definition) is 1. The lowest BCUT2D eigenvalue weighted by Crippen LogP contribution is -1.99. The minimum Gasteiger partial charge on any atom is -0.437 e. The Morgan fingerprint density at radius 1 is 1.16 bits per heavy atom. The maximum Gasteiger partial charge on any atom is 0.222 e. The van der Waals surface area contributed by atoms with Gasteiger partial charge in [0.25, 0.3) is 0 Å². The number of nitrogens with zero attached hydrogens (tertiary/aromatic N) is 2. The molecule has 0 unspecified atom stereocenters. The Hall–Kier alpha value is -1.52. The van der Waals surface area contributed by atoms with Crippen molar-refractivity contribution in [2.45, 2.75) is 20.3 Å². The number of aryl methyl sites for hydroxylation is 2. The number of halogens is 2. The van der Waals surface area contributed by atoms with Gasteiger partial charge in [0, 0.05) is 17.8 Å². The van der Waals surface area contributed by atoms with E-state index in [4.69, 9.17) is 33.7 Å². The van der Waals surface area contributed by atoms with E-state index in [0.717, 1.165) is 12.1 Å². The number of ether oxygens (including phenoxy) is 1. The molecule has 2 rings (SSSR count). The molecule has 1 heterocycles. The average molecular weight is 298 g/mol. The minimum absolute atomic E-state index is 0.382. The monoisotopic (exact) mass is 297 g/mol. The summed E-state index contributed by atoms with van der Waals surface area (Å²) < 4.78 is 5.65. The molecule has 0 radical (unpaired) electrons. The van der Waals surface area contributed by atoms with E-state index in [1.165, 1.54) is 0 Å². The molecule has 2 aromatic rings. The highest BCUT2D eigenvalue weighted by molar-refractivity contribution is 6.42. The van der Waals surface area contributed by atoms with Crippen LogP contribution >= 0.6 is 23.2 Å². The predicted octanol–water partition coefficient (Wildman–Crippen LogP) is 4.03. The van der Waals surface area contributed by atoms with E-state index >= 15 is 0 Å². The fourth-order valence-corrected chi connectivity index (χ4v) is 1.90. The Bertz CT molecular complexity index is 617. The Kier molecular flexibility index (Phi) is 4.12. The lowest BCUT2D eigenvalue weighted by molar-refractivity contribution is 0.460. The summed E-state index contributed by atoms with van der Waals surface area (Å²) in [5.41, 5.74) is 7.15. The third kappa shape index (κ3) is 3.28. The predicted molar refractivity (Wildman–Crippen MR) is 77.1 cm³/mol. The molecule has 6 heteroatoms. The average Bonchev–Trinajstić information content (AvgIpc) is 2.35. The van der Waals surface area contributed by atoms with Crippen LogP contribution in [0.5, 0.6) is 11.6 Å². The number of nitrogen functional groups attached to an aromatic ring is 1. The fourth-order valence-electron chi connectivity index (χ4n) is 1.58. The van der Waals surface area contributed by atoms with Gasteiger partial charge in [-0.2, -0.15) is 4.98 Å². The Morgan fingerprint density at radius 3 is 2.53 bits per heavy atom. The van der Waals surface area contributed by atoms with E-state index in [0.29, 0.717) is 33.2 Å². The Labute approximate surface area is 121 Å². The van der Waals surface area contributed by atoms with Crippen LogP contribution in [-0.2, 0) is 6.42 Å². The summed E-state index contributed by atoms with van der Waals surface area (Å²) in [7, 11) is 0. The lowest BCUT2D eigenvalue weighted by Gasteiger charge is -2.10. The number of rotatable bonds is 3. The smallest absolute Gasteiger partial charge is 0.222 e. The van der Waals surface area contributed by atoms with E-state index in [2.05, 4.69) is 9.97 Å². The van der Waals surface area contributed by atoms with Crippen molar-refractivity contribution in [3.8, 4) is 11.6 Å². The van der Waals surface area contributed by atoms with Gasteiger partial charge in [-0.1, -0.05) is 30.1 Å². The van der Waals surface area contributed by atoms with E-state index in [1.807, 2.05) is 13.8 Å². The van der Waals surface area contributed by atoms with Crippen LogP contribution in [0, 0.1) is 6.92 Å². The first-order valence-corrected chi connectivity index (χ1v) is 6.52. The van der Waals surface area contributed by atoms with E-state index in [1.54, 1.807) is 18.2 Å². The van der Waals surface area contributed by atoms with Crippen LogP contribution in [-0.4, -0.2) is 9.97 Å². The van der Waals surface area contributed by atoms with Gasteiger partial charge in [0.1, 0.15) is 5.82 Å². The molecule has 0 fully saturated rings.